The summed E-state index contributed by atoms with van der Waals surface area (Å²) < 4.78 is 0. The molecule has 0 aliphatic heterocycles. The van der Waals surface area contributed by atoms with Crippen LogP contribution in [0.2, 0.25) is 0 Å². The van der Waals surface area contributed by atoms with Gasteiger partial charge in [-0.2, -0.15) is 5.26 Å². The van der Waals surface area contributed by atoms with Gasteiger partial charge in [0.25, 0.3) is 0 Å². The lowest BCUT2D eigenvalue weighted by atomic mass is 10.1. The SMILES string of the molecule is Cc1ccccc1CSC(C)C#N. The van der Waals surface area contributed by atoms with Crippen LogP contribution in [0.25, 0.3) is 0 Å². The van der Waals surface area contributed by atoms with Gasteiger partial charge in [0, 0.05) is 5.75 Å². The average molecular weight is 191 g/mol. The van der Waals surface area contributed by atoms with E-state index in [1.54, 1.807) is 11.8 Å². The molecular weight excluding hydrogens is 178 g/mol. The number of aryl methyl sites for hydroxylation is 1. The molecule has 0 amide bonds. The fourth-order valence-corrected chi connectivity index (χ4v) is 1.85. The van der Waals surface area contributed by atoms with Gasteiger partial charge in [0.2, 0.25) is 0 Å². The molecular formula is C11H13NS. The van der Waals surface area contributed by atoms with Gasteiger partial charge in [-0.3, -0.25) is 0 Å². The number of rotatable bonds is 3. The number of nitriles is 1. The van der Waals surface area contributed by atoms with Crippen molar-refractivity contribution in [3.05, 3.63) is 35.4 Å². The molecule has 0 radical (unpaired) electrons. The molecule has 1 unspecified atom stereocenters. The second kappa shape index (κ2) is 4.94. The number of hydrogen-bond acceptors (Lipinski definition) is 2. The summed E-state index contributed by atoms with van der Waals surface area (Å²) in [5, 5.41) is 8.69. The van der Waals surface area contributed by atoms with Crippen LogP contribution < -0.4 is 0 Å². The molecule has 1 nitrogen and oxygen atoms in total. The van der Waals surface area contributed by atoms with Crippen molar-refractivity contribution in [1.29, 1.82) is 5.26 Å². The fourth-order valence-electron chi connectivity index (χ4n) is 1.02. The molecule has 0 aromatic heterocycles. The molecule has 1 rings (SSSR count). The van der Waals surface area contributed by atoms with Gasteiger partial charge in [-0.05, 0) is 25.0 Å². The van der Waals surface area contributed by atoms with E-state index < -0.39 is 0 Å². The first kappa shape index (κ1) is 10.1. The van der Waals surface area contributed by atoms with E-state index >= 15 is 0 Å². The highest BCUT2D eigenvalue weighted by atomic mass is 32.2. The van der Waals surface area contributed by atoms with Gasteiger partial charge in [0.05, 0.1) is 11.3 Å². The molecule has 68 valence electrons. The molecule has 0 fully saturated rings. The van der Waals surface area contributed by atoms with Crippen LogP contribution in [0.5, 0.6) is 0 Å². The van der Waals surface area contributed by atoms with Crippen LogP contribution in [-0.4, -0.2) is 5.25 Å². The van der Waals surface area contributed by atoms with Crippen molar-refractivity contribution in [1.82, 2.24) is 0 Å². The topological polar surface area (TPSA) is 23.8 Å². The van der Waals surface area contributed by atoms with Gasteiger partial charge in [-0.15, -0.1) is 11.8 Å². The highest BCUT2D eigenvalue weighted by Crippen LogP contribution is 2.19. The smallest absolute Gasteiger partial charge is 0.0891 e. The van der Waals surface area contributed by atoms with Crippen LogP contribution in [-0.2, 0) is 5.75 Å². The summed E-state index contributed by atoms with van der Waals surface area (Å²) in [5.74, 6) is 0.932. The van der Waals surface area contributed by atoms with Crippen molar-refractivity contribution in [3.63, 3.8) is 0 Å². The lowest BCUT2D eigenvalue weighted by Gasteiger charge is -2.05. The number of nitrogens with zero attached hydrogens (tertiary/aromatic N) is 1. The molecule has 1 atom stereocenters. The van der Waals surface area contributed by atoms with Gasteiger partial charge >= 0.3 is 0 Å². The Hall–Kier alpha value is -0.940. The largest absolute Gasteiger partial charge is 0.197 e. The minimum atomic E-state index is 0.0830. The Morgan fingerprint density at radius 3 is 2.77 bits per heavy atom. The molecule has 0 heterocycles. The molecule has 0 N–H and O–H groups in total. The molecule has 0 aliphatic carbocycles. The second-order valence-corrected chi connectivity index (χ2v) is 4.34. The second-order valence-electron chi connectivity index (χ2n) is 3.01. The Morgan fingerprint density at radius 2 is 2.15 bits per heavy atom. The van der Waals surface area contributed by atoms with E-state index in [-0.39, 0.29) is 5.25 Å². The predicted molar refractivity (Wildman–Crippen MR) is 57.5 cm³/mol. The van der Waals surface area contributed by atoms with E-state index in [2.05, 4.69) is 25.1 Å². The van der Waals surface area contributed by atoms with Gasteiger partial charge in [0.15, 0.2) is 0 Å². The zero-order valence-electron chi connectivity index (χ0n) is 7.95. The summed E-state index contributed by atoms with van der Waals surface area (Å²) in [7, 11) is 0. The van der Waals surface area contributed by atoms with Crippen molar-refractivity contribution in [2.75, 3.05) is 0 Å². The van der Waals surface area contributed by atoms with Crippen molar-refractivity contribution in [2.45, 2.75) is 24.9 Å². The zero-order chi connectivity index (χ0) is 9.68. The quantitative estimate of drug-likeness (QED) is 0.733. The van der Waals surface area contributed by atoms with Gasteiger partial charge in [-0.25, -0.2) is 0 Å². The summed E-state index contributed by atoms with van der Waals surface area (Å²) in [4.78, 5) is 0. The first-order valence-electron chi connectivity index (χ1n) is 4.29. The summed E-state index contributed by atoms with van der Waals surface area (Å²) in [6.07, 6.45) is 0. The van der Waals surface area contributed by atoms with E-state index in [4.69, 9.17) is 5.26 Å². The Morgan fingerprint density at radius 1 is 1.46 bits per heavy atom. The monoisotopic (exact) mass is 191 g/mol. The van der Waals surface area contributed by atoms with Gasteiger partial charge < -0.3 is 0 Å². The maximum absolute atomic E-state index is 8.61. The van der Waals surface area contributed by atoms with Crippen molar-refractivity contribution < 1.29 is 0 Å². The Kier molecular flexibility index (Phi) is 3.85. The molecule has 2 heteroatoms. The third kappa shape index (κ3) is 3.12. The molecule has 1 aromatic carbocycles. The molecule has 0 aliphatic rings. The van der Waals surface area contributed by atoms with E-state index in [1.807, 2.05) is 19.1 Å². The standard InChI is InChI=1S/C11H13NS/c1-9-5-3-4-6-11(9)8-13-10(2)7-12/h3-6,10H,8H2,1-2H3. The molecule has 0 bridgehead atoms. The summed E-state index contributed by atoms with van der Waals surface area (Å²) in [6, 6.07) is 10.5. The van der Waals surface area contributed by atoms with Crippen LogP contribution in [0.15, 0.2) is 24.3 Å². The predicted octanol–water partition coefficient (Wildman–Crippen LogP) is 3.14. The van der Waals surface area contributed by atoms with Crippen molar-refractivity contribution in [3.8, 4) is 6.07 Å². The number of benzene rings is 1. The normalized spacial score (nSPS) is 12.1. The number of hydrogen-bond donors (Lipinski definition) is 0. The minimum Gasteiger partial charge on any atom is -0.197 e. The Balaban J connectivity index is 2.56. The molecule has 0 saturated heterocycles. The van der Waals surface area contributed by atoms with Crippen molar-refractivity contribution >= 4 is 11.8 Å². The molecule has 1 aromatic rings. The third-order valence-electron chi connectivity index (χ3n) is 1.93. The fraction of sp³-hybridized carbons (Fsp3) is 0.364. The Bertz CT molecular complexity index is 314. The molecule has 0 saturated carbocycles. The van der Waals surface area contributed by atoms with Crippen LogP contribution >= 0.6 is 11.8 Å². The van der Waals surface area contributed by atoms with E-state index in [0.717, 1.165) is 5.75 Å². The highest BCUT2D eigenvalue weighted by molar-refractivity contribution is 7.99. The average Bonchev–Trinajstić information content (AvgIpc) is 2.16. The van der Waals surface area contributed by atoms with Gasteiger partial charge in [0.1, 0.15) is 0 Å². The van der Waals surface area contributed by atoms with E-state index in [0.29, 0.717) is 0 Å². The summed E-state index contributed by atoms with van der Waals surface area (Å²) in [5.41, 5.74) is 2.63. The maximum atomic E-state index is 8.61. The van der Waals surface area contributed by atoms with Gasteiger partial charge in [-0.1, -0.05) is 24.3 Å². The lowest BCUT2D eigenvalue weighted by molar-refractivity contribution is 1.22. The number of thioether (sulfide) groups is 1. The van der Waals surface area contributed by atoms with E-state index in [1.165, 1.54) is 11.1 Å². The Labute approximate surface area is 83.8 Å². The summed E-state index contributed by atoms with van der Waals surface area (Å²) in [6.45, 7) is 4.04. The lowest BCUT2D eigenvalue weighted by Crippen LogP contribution is -1.93. The first-order chi connectivity index (χ1) is 6.24. The van der Waals surface area contributed by atoms with E-state index in [9.17, 15) is 0 Å². The molecule has 0 spiro atoms. The van der Waals surface area contributed by atoms with Crippen LogP contribution in [0.4, 0.5) is 0 Å². The highest BCUT2D eigenvalue weighted by Gasteiger charge is 2.01. The van der Waals surface area contributed by atoms with Crippen LogP contribution in [0, 0.1) is 18.3 Å². The first-order valence-corrected chi connectivity index (χ1v) is 5.34. The van der Waals surface area contributed by atoms with Crippen molar-refractivity contribution in [2.24, 2.45) is 0 Å². The van der Waals surface area contributed by atoms with Crippen LogP contribution in [0.3, 0.4) is 0 Å². The minimum absolute atomic E-state index is 0.0830. The molecule has 13 heavy (non-hydrogen) atoms. The third-order valence-corrected chi connectivity index (χ3v) is 3.01. The maximum Gasteiger partial charge on any atom is 0.0891 e. The summed E-state index contributed by atoms with van der Waals surface area (Å²) >= 11 is 1.68. The van der Waals surface area contributed by atoms with Crippen LogP contribution in [0.1, 0.15) is 18.1 Å². The zero-order valence-corrected chi connectivity index (χ0v) is 8.77.